The van der Waals surface area contributed by atoms with Crippen LogP contribution in [0.25, 0.3) is 0 Å². The number of rotatable bonds is 20. The Morgan fingerprint density at radius 3 is 0.828 bits per heavy atom. The zero-order valence-corrected chi connectivity index (χ0v) is 24.5. The van der Waals surface area contributed by atoms with Crippen molar-refractivity contribution >= 4 is 0 Å². The molecule has 4 unspecified atom stereocenters. The van der Waals surface area contributed by atoms with E-state index in [1.165, 1.54) is 25.7 Å². The summed E-state index contributed by atoms with van der Waals surface area (Å²) in [5, 5.41) is 0. The molecule has 0 aromatic heterocycles. The van der Waals surface area contributed by atoms with Crippen LogP contribution in [0.2, 0.25) is 0 Å². The van der Waals surface area contributed by atoms with Crippen LogP contribution in [0.5, 0.6) is 0 Å². The van der Waals surface area contributed by atoms with Crippen LogP contribution >= 0.6 is 0 Å². The van der Waals surface area contributed by atoms with E-state index in [1.54, 1.807) is 0 Å². The Labute approximate surface area is 189 Å². The SMILES string of the molecule is CCC(C)CC[O][Hf]([O]CCC(C)CC)([O]CCC(C)CC)[O]CCC(C)CC. The molecule has 0 aromatic carbocycles. The summed E-state index contributed by atoms with van der Waals surface area (Å²) >= 11 is -4.17. The normalized spacial score (nSPS) is 18.2. The van der Waals surface area contributed by atoms with E-state index in [0.717, 1.165) is 25.7 Å². The third-order valence-electron chi connectivity index (χ3n) is 6.35. The molecular formula is C24H52HfO4. The Morgan fingerprint density at radius 2 is 0.655 bits per heavy atom. The molecule has 0 fully saturated rings. The molecule has 0 saturated carbocycles. The van der Waals surface area contributed by atoms with E-state index in [0.29, 0.717) is 50.1 Å². The molecule has 0 spiro atoms. The summed E-state index contributed by atoms with van der Waals surface area (Å²) in [6.45, 7) is 20.8. The molecule has 0 aliphatic carbocycles. The van der Waals surface area contributed by atoms with E-state index >= 15 is 0 Å². The van der Waals surface area contributed by atoms with Crippen molar-refractivity contribution in [2.24, 2.45) is 23.7 Å². The van der Waals surface area contributed by atoms with Gasteiger partial charge in [-0.15, -0.1) is 0 Å². The van der Waals surface area contributed by atoms with Crippen LogP contribution in [0.1, 0.15) is 107 Å². The van der Waals surface area contributed by atoms with Crippen molar-refractivity contribution < 1.29 is 33.1 Å². The Kier molecular flexibility index (Phi) is 18.7. The summed E-state index contributed by atoms with van der Waals surface area (Å²) in [5.74, 6) is 2.62. The molecule has 0 amide bonds. The Morgan fingerprint density at radius 1 is 0.448 bits per heavy atom. The summed E-state index contributed by atoms with van der Waals surface area (Å²) in [7, 11) is 0. The average molecular weight is 583 g/mol. The first-order valence-corrected chi connectivity index (χ1v) is 18.2. The first kappa shape index (κ1) is 29.7. The van der Waals surface area contributed by atoms with Crippen LogP contribution in [0.3, 0.4) is 0 Å². The second-order valence-electron chi connectivity index (χ2n) is 9.10. The number of hydrogen-bond acceptors (Lipinski definition) is 4. The topological polar surface area (TPSA) is 36.9 Å². The molecule has 29 heavy (non-hydrogen) atoms. The van der Waals surface area contributed by atoms with E-state index < -0.39 is 21.7 Å². The molecule has 0 heterocycles. The predicted octanol–water partition coefficient (Wildman–Crippen LogP) is 7.61. The van der Waals surface area contributed by atoms with Gasteiger partial charge in [0, 0.05) is 0 Å². The fourth-order valence-electron chi connectivity index (χ4n) is 2.61. The van der Waals surface area contributed by atoms with E-state index in [-0.39, 0.29) is 0 Å². The van der Waals surface area contributed by atoms with Gasteiger partial charge in [-0.3, -0.25) is 0 Å². The molecule has 0 bridgehead atoms. The molecule has 0 radical (unpaired) electrons. The van der Waals surface area contributed by atoms with Gasteiger partial charge in [-0.05, 0) is 0 Å². The van der Waals surface area contributed by atoms with Crippen molar-refractivity contribution in [2.45, 2.75) is 107 Å². The summed E-state index contributed by atoms with van der Waals surface area (Å²) < 4.78 is 25.6. The Bertz CT molecular complexity index is 297. The first-order chi connectivity index (χ1) is 13.8. The first-order valence-electron chi connectivity index (χ1n) is 12.4. The van der Waals surface area contributed by atoms with Crippen molar-refractivity contribution in [3.63, 3.8) is 0 Å². The van der Waals surface area contributed by atoms with Crippen LogP contribution < -0.4 is 0 Å². The maximum atomic E-state index is 6.40. The number of hydrogen-bond donors (Lipinski definition) is 0. The van der Waals surface area contributed by atoms with Crippen LogP contribution in [0, 0.1) is 23.7 Å². The van der Waals surface area contributed by atoms with Crippen molar-refractivity contribution in [3.05, 3.63) is 0 Å². The predicted molar refractivity (Wildman–Crippen MR) is 120 cm³/mol. The van der Waals surface area contributed by atoms with Crippen LogP contribution in [-0.4, -0.2) is 26.4 Å². The summed E-state index contributed by atoms with van der Waals surface area (Å²) in [6.07, 6.45) is 8.84. The van der Waals surface area contributed by atoms with Crippen molar-refractivity contribution in [3.8, 4) is 0 Å². The molecule has 5 heteroatoms. The second-order valence-corrected chi connectivity index (χ2v) is 16.8. The van der Waals surface area contributed by atoms with Gasteiger partial charge in [-0.2, -0.15) is 0 Å². The van der Waals surface area contributed by atoms with E-state index in [1.807, 2.05) is 0 Å². The molecule has 0 rings (SSSR count). The molecule has 0 aromatic rings. The molecular weight excluding hydrogens is 531 g/mol. The third kappa shape index (κ3) is 15.2. The van der Waals surface area contributed by atoms with Crippen molar-refractivity contribution in [1.29, 1.82) is 0 Å². The van der Waals surface area contributed by atoms with Gasteiger partial charge < -0.3 is 0 Å². The zero-order valence-electron chi connectivity index (χ0n) is 20.9. The molecule has 176 valence electrons. The third-order valence-corrected chi connectivity index (χ3v) is 14.4. The van der Waals surface area contributed by atoms with Crippen LogP contribution in [0.15, 0.2) is 0 Å². The molecule has 0 aliphatic rings. The molecule has 0 saturated heterocycles. The van der Waals surface area contributed by atoms with Crippen molar-refractivity contribution in [2.75, 3.05) is 26.4 Å². The van der Waals surface area contributed by atoms with Gasteiger partial charge in [0.2, 0.25) is 0 Å². The molecule has 0 N–H and O–H groups in total. The van der Waals surface area contributed by atoms with Gasteiger partial charge in [-0.1, -0.05) is 0 Å². The molecule has 4 atom stereocenters. The van der Waals surface area contributed by atoms with E-state index in [2.05, 4.69) is 55.4 Å². The fraction of sp³-hybridized carbons (Fsp3) is 1.00. The average Bonchev–Trinajstić information content (AvgIpc) is 2.72. The molecule has 4 nitrogen and oxygen atoms in total. The van der Waals surface area contributed by atoms with Gasteiger partial charge >= 0.3 is 190 Å². The minimum absolute atomic E-state index is 0.654. The van der Waals surface area contributed by atoms with Gasteiger partial charge in [0.05, 0.1) is 0 Å². The van der Waals surface area contributed by atoms with Crippen molar-refractivity contribution in [1.82, 2.24) is 0 Å². The monoisotopic (exact) mass is 584 g/mol. The second kappa shape index (κ2) is 18.3. The minimum atomic E-state index is -4.17. The fourth-order valence-corrected chi connectivity index (χ4v) is 9.69. The van der Waals surface area contributed by atoms with Gasteiger partial charge in [0.1, 0.15) is 0 Å². The molecule has 0 aliphatic heterocycles. The standard InChI is InChI=1S/4C6H13O.Hf/c4*1-3-6(2)4-5-7;/h4*6H,3-5H2,1-2H3;/q4*-1;+4. The Hall–Kier alpha value is 0.710. The maximum absolute atomic E-state index is 6.40. The summed E-state index contributed by atoms with van der Waals surface area (Å²) in [6, 6.07) is 0. The van der Waals surface area contributed by atoms with E-state index in [9.17, 15) is 0 Å². The van der Waals surface area contributed by atoms with Gasteiger partial charge in [0.25, 0.3) is 0 Å². The zero-order chi connectivity index (χ0) is 22.1. The van der Waals surface area contributed by atoms with E-state index in [4.69, 9.17) is 11.4 Å². The summed E-state index contributed by atoms with van der Waals surface area (Å²) in [5.41, 5.74) is 0. The Balaban J connectivity index is 5.05. The van der Waals surface area contributed by atoms with Gasteiger partial charge in [-0.25, -0.2) is 0 Å². The van der Waals surface area contributed by atoms with Crippen LogP contribution in [0.4, 0.5) is 0 Å². The van der Waals surface area contributed by atoms with Gasteiger partial charge in [0.15, 0.2) is 0 Å². The summed E-state index contributed by atoms with van der Waals surface area (Å²) in [4.78, 5) is 0. The van der Waals surface area contributed by atoms with Crippen LogP contribution in [-0.2, 0) is 33.1 Å². The quantitative estimate of drug-likeness (QED) is 0.138.